The Bertz CT molecular complexity index is 3530. The fourth-order valence-corrected chi connectivity index (χ4v) is 9.14. The van der Waals surface area contributed by atoms with E-state index in [0.717, 1.165) is 33.3 Å². The van der Waals surface area contributed by atoms with Crippen LogP contribution in [0, 0.1) is 0 Å². The second kappa shape index (κ2) is 12.5. The molecule has 3 heterocycles. The van der Waals surface area contributed by atoms with Crippen molar-refractivity contribution in [3.63, 3.8) is 0 Å². The molecule has 0 aliphatic heterocycles. The number of hydrogen-bond donors (Lipinski definition) is 0. The van der Waals surface area contributed by atoms with Gasteiger partial charge in [-0.15, -0.1) is 0 Å². The van der Waals surface area contributed by atoms with E-state index in [-0.39, 0.29) is 0 Å². The van der Waals surface area contributed by atoms with Crippen LogP contribution in [0.5, 0.6) is 0 Å². The van der Waals surface area contributed by atoms with Gasteiger partial charge < -0.3 is 13.6 Å². The molecule has 0 saturated carbocycles. The first-order valence-corrected chi connectivity index (χ1v) is 19.5. The first-order valence-electron chi connectivity index (χ1n) is 19.5. The van der Waals surface area contributed by atoms with Crippen molar-refractivity contribution >= 4 is 65.6 Å². The number of para-hydroxylation sites is 4. The summed E-state index contributed by atoms with van der Waals surface area (Å²) in [4.78, 5) is 0. The highest BCUT2D eigenvalue weighted by atomic mass is 16.3. The number of hydrogen-bond acceptors (Lipinski definition) is 1. The van der Waals surface area contributed by atoms with E-state index in [0.29, 0.717) is 0 Å². The van der Waals surface area contributed by atoms with Gasteiger partial charge in [0.05, 0.1) is 22.1 Å². The highest BCUT2D eigenvalue weighted by Crippen LogP contribution is 2.40. The van der Waals surface area contributed by atoms with Crippen LogP contribution in [-0.2, 0) is 0 Å². The second-order valence-corrected chi connectivity index (χ2v) is 14.9. The van der Waals surface area contributed by atoms with Gasteiger partial charge in [-0.05, 0) is 100 Å². The predicted molar refractivity (Wildman–Crippen MR) is 239 cm³/mol. The Morgan fingerprint density at radius 3 is 1.49 bits per heavy atom. The Hall–Kier alpha value is -7.62. The summed E-state index contributed by atoms with van der Waals surface area (Å²) in [5.41, 5.74) is 15.9. The quantitative estimate of drug-likeness (QED) is 0.173. The van der Waals surface area contributed by atoms with Crippen LogP contribution < -0.4 is 0 Å². The lowest BCUT2D eigenvalue weighted by Gasteiger charge is -2.12. The molecular weight excluding hydrogens is 693 g/mol. The molecule has 0 N–H and O–H groups in total. The Morgan fingerprint density at radius 2 is 0.772 bits per heavy atom. The number of furan rings is 1. The standard InChI is InChI=1S/C54H34N2O/c1-2-16-40(17-3-1)55-48-23-7-4-19-43(48)45-29-27-37(33-50(45)55)38-28-30-46-44-20-5-8-24-49(44)56(51(46)34-38)41-18-11-14-36(32-41)35-13-10-15-39(31-35)42-22-12-26-53-54(42)47-21-6-9-25-52(47)57-53/h1-34H. The van der Waals surface area contributed by atoms with Crippen molar-refractivity contribution in [1.29, 1.82) is 0 Å². The molecule has 0 saturated heterocycles. The van der Waals surface area contributed by atoms with Crippen LogP contribution in [0.3, 0.4) is 0 Å². The van der Waals surface area contributed by atoms with E-state index in [9.17, 15) is 0 Å². The van der Waals surface area contributed by atoms with Crippen LogP contribution >= 0.6 is 0 Å². The van der Waals surface area contributed by atoms with Gasteiger partial charge in [0.15, 0.2) is 0 Å². The zero-order valence-electron chi connectivity index (χ0n) is 30.9. The van der Waals surface area contributed by atoms with Crippen molar-refractivity contribution < 1.29 is 4.42 Å². The van der Waals surface area contributed by atoms with Gasteiger partial charge in [0.25, 0.3) is 0 Å². The van der Waals surface area contributed by atoms with E-state index >= 15 is 0 Å². The van der Waals surface area contributed by atoms with E-state index in [1.165, 1.54) is 77.0 Å². The third kappa shape index (κ3) is 4.92. The summed E-state index contributed by atoms with van der Waals surface area (Å²) in [6, 6.07) is 74.5. The monoisotopic (exact) mass is 726 g/mol. The van der Waals surface area contributed by atoms with Crippen LogP contribution in [-0.4, -0.2) is 9.13 Å². The topological polar surface area (TPSA) is 23.0 Å². The molecule has 0 spiro atoms. The minimum atomic E-state index is 0.908. The Kier molecular flexibility index (Phi) is 6.93. The van der Waals surface area contributed by atoms with E-state index < -0.39 is 0 Å². The number of aromatic nitrogens is 2. The third-order valence-electron chi connectivity index (χ3n) is 11.7. The number of benzene rings is 9. The normalized spacial score (nSPS) is 11.9. The lowest BCUT2D eigenvalue weighted by atomic mass is 9.96. The lowest BCUT2D eigenvalue weighted by molar-refractivity contribution is 0.669. The first kappa shape index (κ1) is 31.7. The van der Waals surface area contributed by atoms with Crippen LogP contribution in [0.15, 0.2) is 211 Å². The Balaban J connectivity index is 1.00. The predicted octanol–water partition coefficient (Wildman–Crippen LogP) is 14.8. The van der Waals surface area contributed by atoms with Gasteiger partial charge in [-0.2, -0.15) is 0 Å². The molecule has 0 unspecified atom stereocenters. The average molecular weight is 727 g/mol. The van der Waals surface area contributed by atoms with Crippen LogP contribution in [0.4, 0.5) is 0 Å². The largest absolute Gasteiger partial charge is 0.456 e. The fraction of sp³-hybridized carbons (Fsp3) is 0. The van der Waals surface area contributed by atoms with Gasteiger partial charge in [0.1, 0.15) is 11.2 Å². The molecule has 3 aromatic heterocycles. The van der Waals surface area contributed by atoms with E-state index in [2.05, 4.69) is 203 Å². The van der Waals surface area contributed by atoms with Crippen molar-refractivity contribution in [2.75, 3.05) is 0 Å². The van der Waals surface area contributed by atoms with Crippen LogP contribution in [0.25, 0.3) is 110 Å². The summed E-state index contributed by atoms with van der Waals surface area (Å²) in [5, 5.41) is 7.29. The maximum atomic E-state index is 6.24. The smallest absolute Gasteiger partial charge is 0.136 e. The third-order valence-corrected chi connectivity index (χ3v) is 11.7. The molecule has 3 heteroatoms. The van der Waals surface area contributed by atoms with Gasteiger partial charge in [-0.3, -0.25) is 0 Å². The minimum absolute atomic E-state index is 0.908. The molecule has 0 radical (unpaired) electrons. The summed E-state index contributed by atoms with van der Waals surface area (Å²) in [6.07, 6.45) is 0. The summed E-state index contributed by atoms with van der Waals surface area (Å²) in [6.45, 7) is 0. The molecule has 0 fully saturated rings. The first-order chi connectivity index (χ1) is 28.3. The van der Waals surface area contributed by atoms with Crippen LogP contribution in [0.1, 0.15) is 0 Å². The van der Waals surface area contributed by atoms with Gasteiger partial charge in [-0.1, -0.05) is 140 Å². The lowest BCUT2D eigenvalue weighted by Crippen LogP contribution is -1.95. The number of nitrogens with zero attached hydrogens (tertiary/aromatic N) is 2. The molecule has 0 bridgehead atoms. The summed E-state index contributed by atoms with van der Waals surface area (Å²) < 4.78 is 11.1. The molecule has 12 aromatic rings. The van der Waals surface area contributed by atoms with Crippen molar-refractivity contribution in [3.05, 3.63) is 206 Å². The average Bonchev–Trinajstić information content (AvgIpc) is 3.94. The zero-order valence-corrected chi connectivity index (χ0v) is 30.9. The summed E-state index contributed by atoms with van der Waals surface area (Å²) in [5.74, 6) is 0. The Labute approximate surface area is 328 Å². The van der Waals surface area contributed by atoms with Crippen molar-refractivity contribution in [1.82, 2.24) is 9.13 Å². The van der Waals surface area contributed by atoms with Crippen LogP contribution in [0.2, 0.25) is 0 Å². The van der Waals surface area contributed by atoms with Gasteiger partial charge in [0.2, 0.25) is 0 Å². The van der Waals surface area contributed by atoms with E-state index in [4.69, 9.17) is 4.42 Å². The molecule has 9 aromatic carbocycles. The summed E-state index contributed by atoms with van der Waals surface area (Å²) >= 11 is 0. The molecule has 266 valence electrons. The highest BCUT2D eigenvalue weighted by molar-refractivity contribution is 6.14. The molecule has 57 heavy (non-hydrogen) atoms. The molecule has 0 amide bonds. The summed E-state index contributed by atoms with van der Waals surface area (Å²) in [7, 11) is 0. The van der Waals surface area contributed by atoms with Gasteiger partial charge in [0, 0.05) is 43.7 Å². The minimum Gasteiger partial charge on any atom is -0.456 e. The molecule has 0 atom stereocenters. The second-order valence-electron chi connectivity index (χ2n) is 14.9. The number of fused-ring (bicyclic) bond motifs is 9. The molecule has 0 aliphatic rings. The Morgan fingerprint density at radius 1 is 0.281 bits per heavy atom. The molecular formula is C54H34N2O. The van der Waals surface area contributed by atoms with Gasteiger partial charge >= 0.3 is 0 Å². The molecule has 12 rings (SSSR count). The van der Waals surface area contributed by atoms with Crippen molar-refractivity contribution in [3.8, 4) is 44.8 Å². The maximum absolute atomic E-state index is 6.24. The zero-order chi connectivity index (χ0) is 37.5. The molecule has 3 nitrogen and oxygen atoms in total. The van der Waals surface area contributed by atoms with Crippen molar-refractivity contribution in [2.24, 2.45) is 0 Å². The van der Waals surface area contributed by atoms with Crippen molar-refractivity contribution in [2.45, 2.75) is 0 Å². The number of rotatable bonds is 5. The SMILES string of the molecule is c1ccc(-n2c3ccccc3c3ccc(-c4ccc5c6ccccc6n(-c6cccc(-c7cccc(-c8cccc9oc%10ccccc%10c89)c7)c6)c5c4)cc32)cc1. The molecule has 0 aliphatic carbocycles. The maximum Gasteiger partial charge on any atom is 0.136 e. The van der Waals surface area contributed by atoms with E-state index in [1.807, 2.05) is 12.1 Å². The van der Waals surface area contributed by atoms with Gasteiger partial charge in [-0.25, -0.2) is 0 Å². The van der Waals surface area contributed by atoms with E-state index in [1.54, 1.807) is 0 Å². The fourth-order valence-electron chi connectivity index (χ4n) is 9.14. The highest BCUT2D eigenvalue weighted by Gasteiger charge is 2.17.